The van der Waals surface area contributed by atoms with Crippen LogP contribution in [0.25, 0.3) is 5.65 Å². The standard InChI is InChI=1S/C31H39N9OS/c1-2-37-14-16-38(17-15-37)24-9-10-28(33-20-24)35-25-19-29(36-40-13-11-32-30(25)40)39-12-5-7-23(21-39)34-31(41)27-18-22-6-3-4-8-26(22)42-27/h9-11,13,18-20,23H,2-8,12,14-17,21H2,1H3,(H,33,35)(H,34,41)/t23-/m0/s1. The first kappa shape index (κ1) is 27.2. The predicted octanol–water partition coefficient (Wildman–Crippen LogP) is 4.35. The molecule has 7 rings (SSSR count). The normalized spacial score (nSPS) is 19.6. The highest BCUT2D eigenvalue weighted by Gasteiger charge is 2.26. The van der Waals surface area contributed by atoms with Gasteiger partial charge in [-0.1, -0.05) is 6.92 Å². The fraction of sp³-hybridized carbons (Fsp3) is 0.484. The van der Waals surface area contributed by atoms with Crippen molar-refractivity contribution in [3.05, 3.63) is 58.2 Å². The number of thiophene rings is 1. The smallest absolute Gasteiger partial charge is 0.261 e. The molecule has 0 spiro atoms. The molecule has 1 atom stereocenters. The van der Waals surface area contributed by atoms with Crippen molar-refractivity contribution in [2.75, 3.05) is 60.9 Å². The quantitative estimate of drug-likeness (QED) is 0.331. The van der Waals surface area contributed by atoms with E-state index in [0.717, 1.165) is 105 Å². The van der Waals surface area contributed by atoms with Crippen LogP contribution < -0.4 is 20.4 Å². The number of nitrogens with zero attached hydrogens (tertiary/aromatic N) is 7. The summed E-state index contributed by atoms with van der Waals surface area (Å²) in [6, 6.07) is 8.43. The molecule has 0 saturated carbocycles. The zero-order valence-corrected chi connectivity index (χ0v) is 25.1. The molecule has 6 heterocycles. The van der Waals surface area contributed by atoms with Gasteiger partial charge in [-0.25, -0.2) is 14.5 Å². The molecule has 0 bridgehead atoms. The van der Waals surface area contributed by atoms with Crippen LogP contribution in [0.15, 0.2) is 42.9 Å². The monoisotopic (exact) mass is 585 g/mol. The van der Waals surface area contributed by atoms with Crippen LogP contribution in [0.5, 0.6) is 0 Å². The van der Waals surface area contributed by atoms with Crippen molar-refractivity contribution in [2.24, 2.45) is 0 Å². The fourth-order valence-electron chi connectivity index (χ4n) is 6.42. The molecular weight excluding hydrogens is 546 g/mol. The van der Waals surface area contributed by atoms with Crippen molar-refractivity contribution < 1.29 is 4.79 Å². The number of amides is 1. The van der Waals surface area contributed by atoms with E-state index in [4.69, 9.17) is 10.1 Å². The number of carbonyl (C=O) groups is 1. The minimum Gasteiger partial charge on any atom is -0.368 e. The third-order valence-corrected chi connectivity index (χ3v) is 10.1. The number of imidazole rings is 1. The van der Waals surface area contributed by atoms with Crippen LogP contribution in [0, 0.1) is 0 Å². The van der Waals surface area contributed by atoms with Gasteiger partial charge in [0.15, 0.2) is 11.5 Å². The summed E-state index contributed by atoms with van der Waals surface area (Å²) in [7, 11) is 0. The van der Waals surface area contributed by atoms with Crippen LogP contribution in [0.4, 0.5) is 23.0 Å². The molecule has 0 unspecified atom stereocenters. The molecule has 42 heavy (non-hydrogen) atoms. The number of anilines is 4. The topological polar surface area (TPSA) is 93.9 Å². The van der Waals surface area contributed by atoms with Crippen molar-refractivity contribution in [1.29, 1.82) is 0 Å². The highest BCUT2D eigenvalue weighted by Crippen LogP contribution is 2.30. The molecule has 0 radical (unpaired) electrons. The zero-order chi connectivity index (χ0) is 28.5. The summed E-state index contributed by atoms with van der Waals surface area (Å²) in [5.41, 5.74) is 4.14. The molecule has 11 heteroatoms. The van der Waals surface area contributed by atoms with Crippen LogP contribution in [0.3, 0.4) is 0 Å². The Morgan fingerprint density at radius 1 is 1.02 bits per heavy atom. The Bertz CT molecular complexity index is 1520. The summed E-state index contributed by atoms with van der Waals surface area (Å²) in [5.74, 6) is 1.69. The Morgan fingerprint density at radius 3 is 2.71 bits per heavy atom. The Hall–Kier alpha value is -3.70. The summed E-state index contributed by atoms with van der Waals surface area (Å²) in [5, 5.41) is 11.7. The second kappa shape index (κ2) is 11.9. The number of hydrogen-bond donors (Lipinski definition) is 2. The lowest BCUT2D eigenvalue weighted by Crippen LogP contribution is -2.48. The average Bonchev–Trinajstić information content (AvgIpc) is 3.69. The third-order valence-electron chi connectivity index (χ3n) is 8.84. The predicted molar refractivity (Wildman–Crippen MR) is 168 cm³/mol. The number of carbonyl (C=O) groups excluding carboxylic acids is 1. The van der Waals surface area contributed by atoms with E-state index in [1.54, 1.807) is 17.5 Å². The number of fused-ring (bicyclic) bond motifs is 2. The summed E-state index contributed by atoms with van der Waals surface area (Å²) in [6.07, 6.45) is 12.2. The number of rotatable bonds is 7. The number of pyridine rings is 1. The average molecular weight is 586 g/mol. The van der Waals surface area contributed by atoms with E-state index < -0.39 is 0 Å². The molecule has 2 aliphatic heterocycles. The van der Waals surface area contributed by atoms with Crippen molar-refractivity contribution in [3.8, 4) is 0 Å². The summed E-state index contributed by atoms with van der Waals surface area (Å²) >= 11 is 1.68. The number of piperidine rings is 1. The number of aromatic nitrogens is 4. The van der Waals surface area contributed by atoms with Gasteiger partial charge < -0.3 is 25.3 Å². The van der Waals surface area contributed by atoms with E-state index in [1.165, 1.54) is 23.3 Å². The van der Waals surface area contributed by atoms with Crippen molar-refractivity contribution in [2.45, 2.75) is 51.5 Å². The van der Waals surface area contributed by atoms with E-state index >= 15 is 0 Å². The molecule has 1 amide bonds. The third kappa shape index (κ3) is 5.67. The van der Waals surface area contributed by atoms with E-state index in [0.29, 0.717) is 0 Å². The molecule has 220 valence electrons. The lowest BCUT2D eigenvalue weighted by Gasteiger charge is -2.35. The minimum atomic E-state index is 0.0587. The second-order valence-corrected chi connectivity index (χ2v) is 12.7. The Balaban J connectivity index is 1.04. The highest BCUT2D eigenvalue weighted by atomic mass is 32.1. The highest BCUT2D eigenvalue weighted by molar-refractivity contribution is 7.14. The van der Waals surface area contributed by atoms with E-state index in [2.05, 4.69) is 55.4 Å². The molecule has 2 fully saturated rings. The molecule has 4 aromatic heterocycles. The zero-order valence-electron chi connectivity index (χ0n) is 24.3. The Morgan fingerprint density at radius 2 is 1.90 bits per heavy atom. The number of nitrogens with one attached hydrogen (secondary N) is 2. The molecule has 2 saturated heterocycles. The van der Waals surface area contributed by atoms with Crippen molar-refractivity contribution in [3.63, 3.8) is 0 Å². The fourth-order valence-corrected chi connectivity index (χ4v) is 7.58. The number of likely N-dealkylation sites (N-methyl/N-ethyl adjacent to an activating group) is 1. The lowest BCUT2D eigenvalue weighted by atomic mass is 9.99. The van der Waals surface area contributed by atoms with Gasteiger partial charge in [0, 0.05) is 68.6 Å². The van der Waals surface area contributed by atoms with Gasteiger partial charge in [0.05, 0.1) is 22.4 Å². The van der Waals surface area contributed by atoms with Gasteiger partial charge in [0.25, 0.3) is 5.91 Å². The van der Waals surface area contributed by atoms with Crippen LogP contribution in [0.2, 0.25) is 0 Å². The van der Waals surface area contributed by atoms with E-state index in [-0.39, 0.29) is 11.9 Å². The number of hydrogen-bond acceptors (Lipinski definition) is 9. The summed E-state index contributed by atoms with van der Waals surface area (Å²) < 4.78 is 1.82. The molecule has 1 aliphatic carbocycles. The van der Waals surface area contributed by atoms with Crippen molar-refractivity contribution >= 4 is 45.9 Å². The van der Waals surface area contributed by atoms with Gasteiger partial charge in [-0.3, -0.25) is 4.79 Å². The Kier molecular flexibility index (Phi) is 7.69. The first-order valence-corrected chi connectivity index (χ1v) is 16.2. The minimum absolute atomic E-state index is 0.0587. The maximum absolute atomic E-state index is 13.2. The maximum atomic E-state index is 13.2. The first-order chi connectivity index (χ1) is 20.6. The van der Waals surface area contributed by atoms with Gasteiger partial charge in [0.1, 0.15) is 5.82 Å². The van der Waals surface area contributed by atoms with Crippen LogP contribution in [-0.2, 0) is 12.8 Å². The van der Waals surface area contributed by atoms with Gasteiger partial charge in [-0.05, 0) is 68.8 Å². The van der Waals surface area contributed by atoms with Crippen LogP contribution in [-0.4, -0.2) is 82.2 Å². The van der Waals surface area contributed by atoms with Crippen LogP contribution in [0.1, 0.15) is 52.7 Å². The largest absolute Gasteiger partial charge is 0.368 e. The number of aryl methyl sites for hydroxylation is 2. The van der Waals surface area contributed by atoms with E-state index in [1.807, 2.05) is 23.0 Å². The first-order valence-electron chi connectivity index (χ1n) is 15.3. The summed E-state index contributed by atoms with van der Waals surface area (Å²) in [6.45, 7) is 9.17. The van der Waals surface area contributed by atoms with Gasteiger partial charge in [-0.2, -0.15) is 0 Å². The van der Waals surface area contributed by atoms with Crippen molar-refractivity contribution in [1.82, 2.24) is 29.8 Å². The maximum Gasteiger partial charge on any atom is 0.261 e. The Labute approximate surface area is 250 Å². The molecule has 4 aromatic rings. The lowest BCUT2D eigenvalue weighted by molar-refractivity contribution is 0.0937. The summed E-state index contributed by atoms with van der Waals surface area (Å²) in [4.78, 5) is 31.8. The molecular formula is C31H39N9OS. The number of piperazine rings is 1. The van der Waals surface area contributed by atoms with E-state index in [9.17, 15) is 4.79 Å². The molecule has 0 aromatic carbocycles. The second-order valence-electron chi connectivity index (χ2n) is 11.6. The van der Waals surface area contributed by atoms with Crippen LogP contribution >= 0.6 is 11.3 Å². The molecule has 10 nitrogen and oxygen atoms in total. The SMILES string of the molecule is CCN1CCN(c2ccc(Nc3cc(N4CCC[C@H](NC(=O)c5cc6c(s5)CCCC6)C4)nn4ccnc34)nc2)CC1. The molecule has 3 aliphatic rings. The van der Waals surface area contributed by atoms with Gasteiger partial charge in [-0.15, -0.1) is 16.4 Å². The molecule has 2 N–H and O–H groups in total. The van der Waals surface area contributed by atoms with Gasteiger partial charge >= 0.3 is 0 Å². The van der Waals surface area contributed by atoms with Gasteiger partial charge in [0.2, 0.25) is 0 Å².